The van der Waals surface area contributed by atoms with Gasteiger partial charge in [0, 0.05) is 5.97 Å². The molecule has 0 aliphatic heterocycles. The third-order valence-electron chi connectivity index (χ3n) is 5.32. The fourth-order valence-electron chi connectivity index (χ4n) is 3.47. The zero-order valence-electron chi connectivity index (χ0n) is 19.6. The molecule has 0 saturated carbocycles. The van der Waals surface area contributed by atoms with Crippen molar-refractivity contribution in [2.75, 3.05) is 33.8 Å². The molecular formula is C24H51NO3. The minimum atomic E-state index is -1.08. The maximum atomic E-state index is 9.02. The number of rotatable bonds is 19. The second-order valence-electron chi connectivity index (χ2n) is 8.90. The summed E-state index contributed by atoms with van der Waals surface area (Å²) in [5, 5.41) is 17.9. The van der Waals surface area contributed by atoms with Crippen molar-refractivity contribution in [2.24, 2.45) is 0 Å². The Balaban J connectivity index is 0. The summed E-state index contributed by atoms with van der Waals surface area (Å²) in [6, 6.07) is 0. The summed E-state index contributed by atoms with van der Waals surface area (Å²) in [6.45, 7) is 5.67. The van der Waals surface area contributed by atoms with Crippen molar-refractivity contribution >= 4 is 5.97 Å². The first-order valence-corrected chi connectivity index (χ1v) is 12.0. The Labute approximate surface area is 176 Å². The number of hydrogen-bond acceptors (Lipinski definition) is 3. The molecular weight excluding hydrogens is 350 g/mol. The Hall–Kier alpha value is -0.610. The predicted molar refractivity (Wildman–Crippen MR) is 119 cm³/mol. The molecule has 1 N–H and O–H groups in total. The molecule has 0 aliphatic carbocycles. The Bertz CT molecular complexity index is 315. The van der Waals surface area contributed by atoms with Crippen LogP contribution in [0.5, 0.6) is 0 Å². The lowest BCUT2D eigenvalue weighted by atomic mass is 10.0. The molecule has 0 aromatic carbocycles. The van der Waals surface area contributed by atoms with Gasteiger partial charge in [-0.3, -0.25) is 0 Å². The molecule has 28 heavy (non-hydrogen) atoms. The van der Waals surface area contributed by atoms with Gasteiger partial charge in [-0.05, 0) is 19.8 Å². The number of hydrogen-bond donors (Lipinski definition) is 1. The van der Waals surface area contributed by atoms with Crippen LogP contribution in [0.25, 0.3) is 0 Å². The van der Waals surface area contributed by atoms with E-state index in [4.69, 9.17) is 15.0 Å². The number of aliphatic carboxylic acids is 1. The Kier molecular flexibility index (Phi) is 24.0. The molecule has 0 atom stereocenters. The molecule has 0 aliphatic rings. The van der Waals surface area contributed by atoms with E-state index in [1.807, 2.05) is 0 Å². The largest absolute Gasteiger partial charge is 0.550 e. The first kappa shape index (κ1) is 29.6. The lowest BCUT2D eigenvalue weighted by Gasteiger charge is -2.28. The van der Waals surface area contributed by atoms with E-state index < -0.39 is 5.97 Å². The zero-order valence-corrected chi connectivity index (χ0v) is 19.6. The van der Waals surface area contributed by atoms with Crippen molar-refractivity contribution in [1.82, 2.24) is 0 Å². The van der Waals surface area contributed by atoms with E-state index in [1.165, 1.54) is 109 Å². The number of carbonyl (C=O) groups is 1. The summed E-state index contributed by atoms with van der Waals surface area (Å²) in [7, 11) is 4.45. The van der Waals surface area contributed by atoms with Crippen LogP contribution in [-0.4, -0.2) is 49.4 Å². The number of quaternary nitrogens is 1. The van der Waals surface area contributed by atoms with Crippen molar-refractivity contribution in [3.63, 3.8) is 0 Å². The van der Waals surface area contributed by atoms with Crippen molar-refractivity contribution < 1.29 is 19.5 Å². The second-order valence-corrected chi connectivity index (χ2v) is 8.90. The molecule has 4 heteroatoms. The SMILES string of the molecule is CC(=O)[O-].CCCCCCCCCCCCCCCCCC[N+](C)(C)CCO. The zero-order chi connectivity index (χ0) is 21.5. The minimum Gasteiger partial charge on any atom is -0.550 e. The van der Waals surface area contributed by atoms with Crippen LogP contribution in [0.4, 0.5) is 0 Å². The highest BCUT2D eigenvalue weighted by atomic mass is 16.4. The summed E-state index contributed by atoms with van der Waals surface area (Å²) in [4.78, 5) is 8.89. The van der Waals surface area contributed by atoms with Crippen molar-refractivity contribution in [1.29, 1.82) is 0 Å². The normalized spacial score (nSPS) is 11.2. The van der Waals surface area contributed by atoms with Crippen LogP contribution in [0.3, 0.4) is 0 Å². The van der Waals surface area contributed by atoms with Gasteiger partial charge in [0.2, 0.25) is 0 Å². The highest BCUT2D eigenvalue weighted by Gasteiger charge is 2.12. The average Bonchev–Trinajstić information content (AvgIpc) is 2.61. The van der Waals surface area contributed by atoms with Crippen LogP contribution in [0, 0.1) is 0 Å². The highest BCUT2D eigenvalue weighted by molar-refractivity contribution is 5.60. The van der Waals surface area contributed by atoms with E-state index in [0.29, 0.717) is 6.61 Å². The number of aliphatic hydroxyl groups excluding tert-OH is 1. The summed E-state index contributed by atoms with van der Waals surface area (Å²) in [6.07, 6.45) is 22.9. The molecule has 0 aromatic rings. The molecule has 0 saturated heterocycles. The number of likely N-dealkylation sites (N-methyl/N-ethyl adjacent to an activating group) is 1. The topological polar surface area (TPSA) is 60.4 Å². The van der Waals surface area contributed by atoms with E-state index in [-0.39, 0.29) is 0 Å². The van der Waals surface area contributed by atoms with Crippen LogP contribution in [0.2, 0.25) is 0 Å². The van der Waals surface area contributed by atoms with Gasteiger partial charge in [0.05, 0.1) is 27.2 Å². The molecule has 0 bridgehead atoms. The average molecular weight is 402 g/mol. The van der Waals surface area contributed by atoms with E-state index in [9.17, 15) is 0 Å². The van der Waals surface area contributed by atoms with Crippen LogP contribution < -0.4 is 5.11 Å². The van der Waals surface area contributed by atoms with Gasteiger partial charge >= 0.3 is 0 Å². The van der Waals surface area contributed by atoms with Gasteiger partial charge in [-0.25, -0.2) is 0 Å². The lowest BCUT2D eigenvalue weighted by molar-refractivity contribution is -0.890. The van der Waals surface area contributed by atoms with E-state index in [1.54, 1.807) is 0 Å². The lowest BCUT2D eigenvalue weighted by Crippen LogP contribution is -2.42. The van der Waals surface area contributed by atoms with Gasteiger partial charge in [-0.2, -0.15) is 0 Å². The fraction of sp³-hybridized carbons (Fsp3) is 0.958. The monoisotopic (exact) mass is 401 g/mol. The molecule has 4 nitrogen and oxygen atoms in total. The maximum Gasteiger partial charge on any atom is 0.102 e. The third kappa shape index (κ3) is 30.1. The minimum absolute atomic E-state index is 0.311. The summed E-state index contributed by atoms with van der Waals surface area (Å²) in [5.41, 5.74) is 0. The standard InChI is InChI=1S/C22H48NO.C2H4O2/c1-4-5-6-7-8-9-10-11-12-13-14-15-16-17-18-19-20-23(2,3)21-22-24;1-2(3)4/h24H,4-22H2,1-3H3;1H3,(H,3,4)/q+1;/p-1. The van der Waals surface area contributed by atoms with Crippen molar-refractivity contribution in [3.05, 3.63) is 0 Å². The number of carbonyl (C=O) groups excluding carboxylic acids is 1. The smallest absolute Gasteiger partial charge is 0.102 e. The molecule has 0 heterocycles. The first-order chi connectivity index (χ1) is 13.4. The van der Waals surface area contributed by atoms with Gasteiger partial charge in [0.25, 0.3) is 0 Å². The van der Waals surface area contributed by atoms with E-state index in [2.05, 4.69) is 21.0 Å². The molecule has 170 valence electrons. The third-order valence-corrected chi connectivity index (χ3v) is 5.32. The van der Waals surface area contributed by atoms with Crippen molar-refractivity contribution in [3.8, 4) is 0 Å². The van der Waals surface area contributed by atoms with Crippen LogP contribution in [0.15, 0.2) is 0 Å². The number of unbranched alkanes of at least 4 members (excludes halogenated alkanes) is 15. The van der Waals surface area contributed by atoms with Crippen LogP contribution >= 0.6 is 0 Å². The number of nitrogens with zero attached hydrogens (tertiary/aromatic N) is 1. The Morgan fingerprint density at radius 3 is 1.25 bits per heavy atom. The molecule has 0 aromatic heterocycles. The van der Waals surface area contributed by atoms with Gasteiger partial charge in [-0.1, -0.05) is 96.8 Å². The Morgan fingerprint density at radius 1 is 0.679 bits per heavy atom. The summed E-state index contributed by atoms with van der Waals surface area (Å²) < 4.78 is 0.967. The van der Waals surface area contributed by atoms with E-state index >= 15 is 0 Å². The van der Waals surface area contributed by atoms with Crippen molar-refractivity contribution in [2.45, 2.75) is 117 Å². The predicted octanol–water partition coefficient (Wildman–Crippen LogP) is 5.07. The Morgan fingerprint density at radius 2 is 0.964 bits per heavy atom. The quantitative estimate of drug-likeness (QED) is 0.243. The van der Waals surface area contributed by atoms with Gasteiger partial charge in [-0.15, -0.1) is 0 Å². The van der Waals surface area contributed by atoms with Crippen LogP contribution in [-0.2, 0) is 4.79 Å². The molecule has 0 radical (unpaired) electrons. The molecule has 0 rings (SSSR count). The number of aliphatic hydroxyl groups is 1. The fourth-order valence-corrected chi connectivity index (χ4v) is 3.47. The number of carboxylic acids is 1. The molecule has 0 fully saturated rings. The molecule has 0 unspecified atom stereocenters. The van der Waals surface area contributed by atoms with Gasteiger partial charge in [0.1, 0.15) is 6.54 Å². The first-order valence-electron chi connectivity index (χ1n) is 12.0. The van der Waals surface area contributed by atoms with Gasteiger partial charge < -0.3 is 19.5 Å². The van der Waals surface area contributed by atoms with E-state index in [0.717, 1.165) is 18.0 Å². The second kappa shape index (κ2) is 22.7. The highest BCUT2D eigenvalue weighted by Crippen LogP contribution is 2.14. The molecule has 0 amide bonds. The summed E-state index contributed by atoms with van der Waals surface area (Å²) >= 11 is 0. The van der Waals surface area contributed by atoms with Crippen LogP contribution in [0.1, 0.15) is 117 Å². The molecule has 0 spiro atoms. The number of carboxylic acid groups (broad SMARTS) is 1. The van der Waals surface area contributed by atoms with Gasteiger partial charge in [0.15, 0.2) is 0 Å². The summed E-state index contributed by atoms with van der Waals surface area (Å²) in [5.74, 6) is -1.08. The maximum absolute atomic E-state index is 9.02.